The number of halogens is 1. The van der Waals surface area contributed by atoms with Gasteiger partial charge in [-0.05, 0) is 46.6 Å². The topological polar surface area (TPSA) is 51.1 Å². The van der Waals surface area contributed by atoms with Crippen molar-refractivity contribution < 1.29 is 5.11 Å². The Balaban J connectivity index is 1.49. The van der Waals surface area contributed by atoms with Gasteiger partial charge in [-0.15, -0.1) is 11.3 Å². The number of anilines is 1. The van der Waals surface area contributed by atoms with Crippen molar-refractivity contribution >= 4 is 38.9 Å². The first-order chi connectivity index (χ1) is 12.2. The van der Waals surface area contributed by atoms with Gasteiger partial charge in [-0.2, -0.15) is 0 Å². The van der Waals surface area contributed by atoms with E-state index in [9.17, 15) is 5.11 Å². The van der Waals surface area contributed by atoms with Gasteiger partial charge < -0.3 is 20.2 Å². The van der Waals surface area contributed by atoms with Gasteiger partial charge in [0.2, 0.25) is 0 Å². The van der Waals surface area contributed by atoms with Crippen LogP contribution < -0.4 is 10.2 Å². The Hall–Kier alpha value is -1.73. The van der Waals surface area contributed by atoms with Crippen molar-refractivity contribution in [3.05, 3.63) is 45.1 Å². The first-order valence-electron chi connectivity index (χ1n) is 8.40. The Bertz CT molecular complexity index is 725. The molecule has 1 aromatic carbocycles. The summed E-state index contributed by atoms with van der Waals surface area (Å²) >= 11 is 5.28. The lowest BCUT2D eigenvalue weighted by atomic mass is 10.2. The zero-order chi connectivity index (χ0) is 17.6. The average Bonchev–Trinajstić information content (AvgIpc) is 3.05. The molecule has 1 aromatic heterocycles. The standard InChI is InChI=1S/C18H23BrN4OS/c1-20-18(21-9-8-14-6-7-17(19)25-14)23-12-10-22(11-13-23)15-4-2-3-5-16(15)24/h2-7,24H,8-13H2,1H3,(H,20,21). The number of rotatable bonds is 4. The van der Waals surface area contributed by atoms with E-state index in [2.05, 4.69) is 48.2 Å². The molecular weight excluding hydrogens is 400 g/mol. The summed E-state index contributed by atoms with van der Waals surface area (Å²) in [7, 11) is 1.83. The lowest BCUT2D eigenvalue weighted by Crippen LogP contribution is -2.52. The van der Waals surface area contributed by atoms with E-state index in [-0.39, 0.29) is 0 Å². The van der Waals surface area contributed by atoms with Gasteiger partial charge >= 0.3 is 0 Å². The van der Waals surface area contributed by atoms with Gasteiger partial charge in [0.25, 0.3) is 0 Å². The molecule has 0 unspecified atom stereocenters. The van der Waals surface area contributed by atoms with Crippen molar-refractivity contribution in [1.82, 2.24) is 10.2 Å². The second kappa shape index (κ2) is 8.58. The Kier molecular flexibility index (Phi) is 6.20. The number of nitrogens with zero attached hydrogens (tertiary/aromatic N) is 3. The van der Waals surface area contributed by atoms with Gasteiger partial charge in [0.05, 0.1) is 9.47 Å². The number of phenolic OH excluding ortho intramolecular Hbond substituents is 1. The molecule has 2 N–H and O–H groups in total. The molecule has 5 nitrogen and oxygen atoms in total. The fraction of sp³-hybridized carbons (Fsp3) is 0.389. The van der Waals surface area contributed by atoms with Crippen LogP contribution in [-0.4, -0.2) is 55.7 Å². The summed E-state index contributed by atoms with van der Waals surface area (Å²) in [6.45, 7) is 4.39. The highest BCUT2D eigenvalue weighted by Crippen LogP contribution is 2.27. The number of hydrogen-bond acceptors (Lipinski definition) is 4. The summed E-state index contributed by atoms with van der Waals surface area (Å²) in [6.07, 6.45) is 0.993. The molecule has 0 spiro atoms. The smallest absolute Gasteiger partial charge is 0.193 e. The molecule has 2 aromatic rings. The molecule has 0 atom stereocenters. The van der Waals surface area contributed by atoms with E-state index in [0.29, 0.717) is 5.75 Å². The minimum Gasteiger partial charge on any atom is -0.506 e. The van der Waals surface area contributed by atoms with Crippen LogP contribution in [0, 0.1) is 0 Å². The molecular formula is C18H23BrN4OS. The van der Waals surface area contributed by atoms with E-state index in [1.165, 1.54) is 8.66 Å². The maximum atomic E-state index is 10.0. The highest BCUT2D eigenvalue weighted by Gasteiger charge is 2.21. The minimum atomic E-state index is 0.348. The number of thiophene rings is 1. The summed E-state index contributed by atoms with van der Waals surface area (Å²) in [5.41, 5.74) is 0.911. The summed E-state index contributed by atoms with van der Waals surface area (Å²) in [5.74, 6) is 1.30. The van der Waals surface area contributed by atoms with Gasteiger partial charge in [-0.1, -0.05) is 12.1 Å². The quantitative estimate of drug-likeness (QED) is 0.586. The SMILES string of the molecule is CN=C(NCCc1ccc(Br)s1)N1CCN(c2ccccc2O)CC1. The van der Waals surface area contributed by atoms with Crippen molar-refractivity contribution in [3.8, 4) is 5.75 Å². The monoisotopic (exact) mass is 422 g/mol. The van der Waals surface area contributed by atoms with Crippen LogP contribution in [-0.2, 0) is 6.42 Å². The molecule has 1 aliphatic heterocycles. The summed E-state index contributed by atoms with van der Waals surface area (Å²) in [5, 5.41) is 13.5. The second-order valence-electron chi connectivity index (χ2n) is 5.89. The van der Waals surface area contributed by atoms with E-state index < -0.39 is 0 Å². The predicted molar refractivity (Wildman–Crippen MR) is 109 cm³/mol. The summed E-state index contributed by atoms with van der Waals surface area (Å²) in [4.78, 5) is 10.3. The van der Waals surface area contributed by atoms with Crippen LogP contribution in [0.5, 0.6) is 5.75 Å². The summed E-state index contributed by atoms with van der Waals surface area (Å²) in [6, 6.07) is 11.8. The largest absolute Gasteiger partial charge is 0.506 e. The van der Waals surface area contributed by atoms with E-state index in [4.69, 9.17) is 0 Å². The van der Waals surface area contributed by atoms with E-state index >= 15 is 0 Å². The zero-order valence-electron chi connectivity index (χ0n) is 14.3. The third-order valence-corrected chi connectivity index (χ3v) is 5.98. The van der Waals surface area contributed by atoms with Crippen molar-refractivity contribution in [1.29, 1.82) is 0 Å². The minimum absolute atomic E-state index is 0.348. The van der Waals surface area contributed by atoms with Crippen LogP contribution in [0.4, 0.5) is 5.69 Å². The maximum absolute atomic E-state index is 10.0. The number of aromatic hydroxyl groups is 1. The lowest BCUT2D eigenvalue weighted by molar-refractivity contribution is 0.370. The highest BCUT2D eigenvalue weighted by molar-refractivity contribution is 9.11. The van der Waals surface area contributed by atoms with Gasteiger partial charge in [0, 0.05) is 44.6 Å². The van der Waals surface area contributed by atoms with Crippen molar-refractivity contribution in [3.63, 3.8) is 0 Å². The first-order valence-corrected chi connectivity index (χ1v) is 10.0. The normalized spacial score (nSPS) is 15.5. The van der Waals surface area contributed by atoms with Gasteiger partial charge in [0.15, 0.2) is 5.96 Å². The van der Waals surface area contributed by atoms with Crippen LogP contribution in [0.25, 0.3) is 0 Å². The van der Waals surface area contributed by atoms with Crippen molar-refractivity contribution in [2.45, 2.75) is 6.42 Å². The van der Waals surface area contributed by atoms with Crippen LogP contribution in [0.2, 0.25) is 0 Å². The zero-order valence-corrected chi connectivity index (χ0v) is 16.7. The second-order valence-corrected chi connectivity index (χ2v) is 8.44. The molecule has 0 saturated carbocycles. The highest BCUT2D eigenvalue weighted by atomic mass is 79.9. The molecule has 0 aliphatic carbocycles. The molecule has 1 saturated heterocycles. The van der Waals surface area contributed by atoms with Gasteiger partial charge in [-0.25, -0.2) is 0 Å². The number of guanidine groups is 1. The van der Waals surface area contributed by atoms with Crippen LogP contribution in [0.1, 0.15) is 4.88 Å². The molecule has 2 heterocycles. The Morgan fingerprint density at radius 1 is 1.20 bits per heavy atom. The molecule has 1 aliphatic rings. The molecule has 25 heavy (non-hydrogen) atoms. The molecule has 7 heteroatoms. The number of para-hydroxylation sites is 2. The fourth-order valence-electron chi connectivity index (χ4n) is 3.01. The third kappa shape index (κ3) is 4.67. The average molecular weight is 423 g/mol. The first kappa shape index (κ1) is 18.1. The van der Waals surface area contributed by atoms with Crippen molar-refractivity contribution in [2.75, 3.05) is 44.7 Å². The molecule has 1 fully saturated rings. The molecule has 0 radical (unpaired) electrons. The van der Waals surface area contributed by atoms with E-state index in [1.807, 2.05) is 25.2 Å². The van der Waals surface area contributed by atoms with E-state index in [0.717, 1.165) is 50.8 Å². The fourth-order valence-corrected chi connectivity index (χ4v) is 4.49. The van der Waals surface area contributed by atoms with Crippen LogP contribution in [0.15, 0.2) is 45.2 Å². The number of hydrogen-bond donors (Lipinski definition) is 2. The van der Waals surface area contributed by atoms with Crippen LogP contribution >= 0.6 is 27.3 Å². The molecule has 134 valence electrons. The predicted octanol–water partition coefficient (Wildman–Crippen LogP) is 3.16. The Morgan fingerprint density at radius 3 is 2.60 bits per heavy atom. The van der Waals surface area contributed by atoms with Gasteiger partial charge in [-0.3, -0.25) is 4.99 Å². The number of nitrogens with one attached hydrogen (secondary N) is 1. The lowest BCUT2D eigenvalue weighted by Gasteiger charge is -2.37. The molecule has 0 bridgehead atoms. The number of piperazine rings is 1. The third-order valence-electron chi connectivity index (χ3n) is 4.30. The Morgan fingerprint density at radius 2 is 1.96 bits per heavy atom. The molecule has 3 rings (SSSR count). The van der Waals surface area contributed by atoms with Crippen LogP contribution in [0.3, 0.4) is 0 Å². The van der Waals surface area contributed by atoms with Gasteiger partial charge in [0.1, 0.15) is 5.75 Å². The number of phenols is 1. The maximum Gasteiger partial charge on any atom is 0.193 e. The number of benzene rings is 1. The Labute approximate surface area is 161 Å². The number of aliphatic imine (C=N–C) groups is 1. The van der Waals surface area contributed by atoms with E-state index in [1.54, 1.807) is 17.4 Å². The molecule has 0 amide bonds. The van der Waals surface area contributed by atoms with Crippen molar-refractivity contribution in [2.24, 2.45) is 4.99 Å². The summed E-state index contributed by atoms with van der Waals surface area (Å²) < 4.78 is 1.17.